The number of benzene rings is 3. The number of nitrogens with zero attached hydrogens (tertiary/aromatic N) is 1. The number of aryl methyl sites for hydroxylation is 1. The molecule has 0 aliphatic rings. The Morgan fingerprint density at radius 1 is 0.962 bits per heavy atom. The number of anilines is 1. The first-order valence-corrected chi connectivity index (χ1v) is 7.92. The molecule has 3 rings (SSSR count). The van der Waals surface area contributed by atoms with E-state index in [4.69, 9.17) is 4.74 Å². The van der Waals surface area contributed by atoms with Gasteiger partial charge in [0.25, 0.3) is 11.6 Å². The topological polar surface area (TPSA) is 81.5 Å². The number of nitro benzene ring substituents is 1. The first kappa shape index (κ1) is 17.2. The molecule has 6 heteroatoms. The molecule has 130 valence electrons. The number of nitro groups is 1. The molecule has 0 unspecified atom stereocenters. The van der Waals surface area contributed by atoms with E-state index in [0.717, 1.165) is 5.56 Å². The molecule has 0 saturated carbocycles. The number of hydrogen-bond donors (Lipinski definition) is 1. The van der Waals surface area contributed by atoms with Crippen molar-refractivity contribution < 1.29 is 14.5 Å². The molecule has 0 aliphatic carbocycles. The van der Waals surface area contributed by atoms with Gasteiger partial charge >= 0.3 is 0 Å². The molecule has 0 saturated heterocycles. The van der Waals surface area contributed by atoms with Crippen LogP contribution < -0.4 is 10.1 Å². The van der Waals surface area contributed by atoms with Crippen molar-refractivity contribution in [3.05, 3.63) is 94.0 Å². The van der Waals surface area contributed by atoms with Crippen LogP contribution in [-0.2, 0) is 0 Å². The number of ether oxygens (including phenoxy) is 1. The molecule has 0 aromatic heterocycles. The van der Waals surface area contributed by atoms with Gasteiger partial charge in [-0.3, -0.25) is 14.9 Å². The molecule has 6 nitrogen and oxygen atoms in total. The molecule has 0 heterocycles. The van der Waals surface area contributed by atoms with Crippen molar-refractivity contribution in [1.29, 1.82) is 0 Å². The maximum Gasteiger partial charge on any atom is 0.271 e. The number of carbonyl (C=O) groups excluding carboxylic acids is 1. The molecule has 0 radical (unpaired) electrons. The smallest absolute Gasteiger partial charge is 0.271 e. The van der Waals surface area contributed by atoms with Crippen molar-refractivity contribution in [3.63, 3.8) is 0 Å². The van der Waals surface area contributed by atoms with Gasteiger partial charge in [-0.1, -0.05) is 30.3 Å². The van der Waals surface area contributed by atoms with Crippen LogP contribution in [0.25, 0.3) is 0 Å². The van der Waals surface area contributed by atoms with E-state index in [2.05, 4.69) is 5.32 Å². The first-order valence-electron chi connectivity index (χ1n) is 7.92. The third-order valence-corrected chi connectivity index (χ3v) is 3.76. The highest BCUT2D eigenvalue weighted by atomic mass is 16.6. The lowest BCUT2D eigenvalue weighted by atomic mass is 10.1. The number of non-ortho nitro benzene ring substituents is 1. The Morgan fingerprint density at radius 3 is 2.42 bits per heavy atom. The summed E-state index contributed by atoms with van der Waals surface area (Å²) in [6, 6.07) is 20.3. The Kier molecular flexibility index (Phi) is 4.94. The Morgan fingerprint density at radius 2 is 1.69 bits per heavy atom. The van der Waals surface area contributed by atoms with Gasteiger partial charge in [-0.25, -0.2) is 0 Å². The van der Waals surface area contributed by atoms with E-state index in [1.807, 2.05) is 30.3 Å². The maximum atomic E-state index is 12.5. The molecule has 0 spiro atoms. The van der Waals surface area contributed by atoms with Gasteiger partial charge in [0.1, 0.15) is 11.5 Å². The molecule has 1 N–H and O–H groups in total. The molecule has 0 bridgehead atoms. The molecule has 0 fully saturated rings. The highest BCUT2D eigenvalue weighted by molar-refractivity contribution is 6.05. The average molecular weight is 348 g/mol. The molecule has 3 aromatic carbocycles. The van der Waals surface area contributed by atoms with Crippen LogP contribution in [0.1, 0.15) is 15.9 Å². The summed E-state index contributed by atoms with van der Waals surface area (Å²) in [6.45, 7) is 1.77. The maximum absolute atomic E-state index is 12.5. The van der Waals surface area contributed by atoms with Gasteiger partial charge in [0.2, 0.25) is 0 Å². The second kappa shape index (κ2) is 7.48. The second-order valence-corrected chi connectivity index (χ2v) is 5.65. The summed E-state index contributed by atoms with van der Waals surface area (Å²) in [5.41, 5.74) is 1.45. The van der Waals surface area contributed by atoms with Crippen molar-refractivity contribution in [2.45, 2.75) is 6.92 Å². The summed E-state index contributed by atoms with van der Waals surface area (Å²) in [7, 11) is 0. The van der Waals surface area contributed by atoms with Crippen LogP contribution in [0.2, 0.25) is 0 Å². The molecule has 0 atom stereocenters. The minimum Gasteiger partial charge on any atom is -0.457 e. The standard InChI is InChI=1S/C20H16N2O4/c1-14-10-11-16(22(24)25)13-19(14)21-20(23)15-6-5-9-18(12-15)26-17-7-3-2-4-8-17/h2-13H,1H3,(H,21,23). The fraction of sp³-hybridized carbons (Fsp3) is 0.0500. The average Bonchev–Trinajstić information content (AvgIpc) is 2.64. The third-order valence-electron chi connectivity index (χ3n) is 3.76. The number of hydrogen-bond acceptors (Lipinski definition) is 4. The summed E-state index contributed by atoms with van der Waals surface area (Å²) in [5.74, 6) is 0.825. The number of amides is 1. The lowest BCUT2D eigenvalue weighted by Gasteiger charge is -2.10. The zero-order chi connectivity index (χ0) is 18.5. The van der Waals surface area contributed by atoms with Gasteiger partial charge in [0, 0.05) is 17.7 Å². The van der Waals surface area contributed by atoms with Crippen LogP contribution in [-0.4, -0.2) is 10.8 Å². The van der Waals surface area contributed by atoms with Crippen molar-refractivity contribution in [3.8, 4) is 11.5 Å². The minimum absolute atomic E-state index is 0.0768. The highest BCUT2D eigenvalue weighted by Crippen LogP contribution is 2.24. The Balaban J connectivity index is 1.79. The van der Waals surface area contributed by atoms with Gasteiger partial charge in [-0.2, -0.15) is 0 Å². The SMILES string of the molecule is Cc1ccc([N+](=O)[O-])cc1NC(=O)c1cccc(Oc2ccccc2)c1. The Labute approximate surface area is 150 Å². The fourth-order valence-electron chi connectivity index (χ4n) is 2.38. The van der Waals surface area contributed by atoms with E-state index in [9.17, 15) is 14.9 Å². The molecule has 3 aromatic rings. The minimum atomic E-state index is -0.497. The predicted molar refractivity (Wildman–Crippen MR) is 98.7 cm³/mol. The van der Waals surface area contributed by atoms with Crippen LogP contribution in [0.3, 0.4) is 0 Å². The molecular formula is C20H16N2O4. The van der Waals surface area contributed by atoms with Crippen molar-refractivity contribution in [2.24, 2.45) is 0 Å². The molecule has 26 heavy (non-hydrogen) atoms. The Hall–Kier alpha value is -3.67. The quantitative estimate of drug-likeness (QED) is 0.522. The van der Waals surface area contributed by atoms with Crippen LogP contribution >= 0.6 is 0 Å². The number of para-hydroxylation sites is 1. The van der Waals surface area contributed by atoms with Crippen LogP contribution in [0.5, 0.6) is 11.5 Å². The van der Waals surface area contributed by atoms with Gasteiger partial charge in [0.15, 0.2) is 0 Å². The molecular weight excluding hydrogens is 332 g/mol. The third kappa shape index (κ3) is 4.05. The van der Waals surface area contributed by atoms with Crippen LogP contribution in [0.4, 0.5) is 11.4 Å². The van der Waals surface area contributed by atoms with Crippen molar-refractivity contribution >= 4 is 17.3 Å². The Bertz CT molecular complexity index is 955. The molecule has 0 aliphatic heterocycles. The summed E-state index contributed by atoms with van der Waals surface area (Å²) in [5, 5.41) is 13.6. The monoisotopic (exact) mass is 348 g/mol. The van der Waals surface area contributed by atoms with E-state index in [0.29, 0.717) is 22.7 Å². The van der Waals surface area contributed by atoms with Gasteiger partial charge in [0.05, 0.1) is 10.6 Å². The zero-order valence-corrected chi connectivity index (χ0v) is 14.0. The van der Waals surface area contributed by atoms with Crippen LogP contribution in [0.15, 0.2) is 72.8 Å². The molecule has 1 amide bonds. The lowest BCUT2D eigenvalue weighted by Crippen LogP contribution is -2.13. The number of carbonyl (C=O) groups is 1. The van der Waals surface area contributed by atoms with Gasteiger partial charge in [-0.15, -0.1) is 0 Å². The van der Waals surface area contributed by atoms with E-state index in [1.54, 1.807) is 37.3 Å². The largest absolute Gasteiger partial charge is 0.457 e. The van der Waals surface area contributed by atoms with Crippen molar-refractivity contribution in [1.82, 2.24) is 0 Å². The van der Waals surface area contributed by atoms with Gasteiger partial charge in [-0.05, 0) is 42.8 Å². The highest BCUT2D eigenvalue weighted by Gasteiger charge is 2.13. The van der Waals surface area contributed by atoms with Crippen molar-refractivity contribution in [2.75, 3.05) is 5.32 Å². The normalized spacial score (nSPS) is 10.2. The lowest BCUT2D eigenvalue weighted by molar-refractivity contribution is -0.384. The summed E-state index contributed by atoms with van der Waals surface area (Å²) >= 11 is 0. The van der Waals surface area contributed by atoms with Crippen LogP contribution in [0, 0.1) is 17.0 Å². The van der Waals surface area contributed by atoms with E-state index < -0.39 is 4.92 Å². The van der Waals surface area contributed by atoms with E-state index in [-0.39, 0.29) is 11.6 Å². The zero-order valence-electron chi connectivity index (χ0n) is 14.0. The second-order valence-electron chi connectivity index (χ2n) is 5.65. The number of nitrogens with one attached hydrogen (secondary N) is 1. The van der Waals surface area contributed by atoms with E-state index in [1.165, 1.54) is 12.1 Å². The summed E-state index contributed by atoms with van der Waals surface area (Å²) in [6.07, 6.45) is 0. The summed E-state index contributed by atoms with van der Waals surface area (Å²) in [4.78, 5) is 22.9. The van der Waals surface area contributed by atoms with E-state index >= 15 is 0 Å². The number of rotatable bonds is 5. The summed E-state index contributed by atoms with van der Waals surface area (Å²) < 4.78 is 5.72. The fourth-order valence-corrected chi connectivity index (χ4v) is 2.38. The predicted octanol–water partition coefficient (Wildman–Crippen LogP) is 4.95. The first-order chi connectivity index (χ1) is 12.5. The van der Waals surface area contributed by atoms with Gasteiger partial charge < -0.3 is 10.1 Å².